The van der Waals surface area contributed by atoms with Crippen molar-refractivity contribution in [2.45, 2.75) is 31.6 Å². The first-order valence-electron chi connectivity index (χ1n) is 10.7. The lowest BCUT2D eigenvalue weighted by atomic mass is 9.51. The third-order valence-electron chi connectivity index (χ3n) is 7.32. The van der Waals surface area contributed by atoms with Crippen LogP contribution in [-0.4, -0.2) is 15.6 Å². The molecule has 150 valence electrons. The van der Waals surface area contributed by atoms with E-state index in [1.165, 1.54) is 11.1 Å². The summed E-state index contributed by atoms with van der Waals surface area (Å²) in [6.07, 6.45) is 2.35. The van der Waals surface area contributed by atoms with Crippen molar-refractivity contribution in [2.75, 3.05) is 0 Å². The van der Waals surface area contributed by atoms with Crippen LogP contribution in [0.5, 0.6) is 0 Å². The Morgan fingerprint density at radius 1 is 1.10 bits per heavy atom. The van der Waals surface area contributed by atoms with Crippen molar-refractivity contribution in [1.29, 1.82) is 5.26 Å². The molecule has 1 heterocycles. The summed E-state index contributed by atoms with van der Waals surface area (Å²) < 4.78 is 2.00. The van der Waals surface area contributed by atoms with Crippen molar-refractivity contribution in [3.05, 3.63) is 77.5 Å². The van der Waals surface area contributed by atoms with E-state index in [1.54, 1.807) is 0 Å². The topological polar surface area (TPSA) is 58.7 Å². The largest absolute Gasteiger partial charge is 0.298 e. The van der Waals surface area contributed by atoms with Crippen LogP contribution >= 0.6 is 0 Å². The molecule has 0 spiro atoms. The number of benzene rings is 2. The minimum absolute atomic E-state index is 0.0942. The molecule has 0 bridgehead atoms. The van der Waals surface area contributed by atoms with Crippen LogP contribution in [-0.2, 0) is 23.7 Å². The third-order valence-corrected chi connectivity index (χ3v) is 7.32. The van der Waals surface area contributed by atoms with Gasteiger partial charge in [0.05, 0.1) is 17.5 Å². The van der Waals surface area contributed by atoms with Gasteiger partial charge in [-0.2, -0.15) is 10.4 Å². The summed E-state index contributed by atoms with van der Waals surface area (Å²) in [7, 11) is 2.01. The van der Waals surface area contributed by atoms with Crippen LogP contribution < -0.4 is 0 Å². The first kappa shape index (κ1) is 18.8. The number of fused-ring (bicyclic) bond motifs is 3. The number of hydrogen-bond donors (Lipinski definition) is 0. The highest BCUT2D eigenvalue weighted by molar-refractivity contribution is 5.87. The Morgan fingerprint density at radius 3 is 2.43 bits per heavy atom. The van der Waals surface area contributed by atoms with Crippen LogP contribution in [0.15, 0.2) is 60.7 Å². The van der Waals surface area contributed by atoms with E-state index >= 15 is 0 Å². The average Bonchev–Trinajstić information content (AvgIpc) is 3.13. The summed E-state index contributed by atoms with van der Waals surface area (Å²) in [6.45, 7) is 2.01. The van der Waals surface area contributed by atoms with E-state index in [0.29, 0.717) is 6.42 Å². The van der Waals surface area contributed by atoms with E-state index in [4.69, 9.17) is 5.10 Å². The molecule has 0 aliphatic heterocycles. The van der Waals surface area contributed by atoms with Gasteiger partial charge in [-0.05, 0) is 30.7 Å². The van der Waals surface area contributed by atoms with Gasteiger partial charge >= 0.3 is 0 Å². The zero-order valence-electron chi connectivity index (χ0n) is 17.4. The molecule has 0 amide bonds. The second kappa shape index (κ2) is 6.95. The van der Waals surface area contributed by atoms with Gasteiger partial charge < -0.3 is 0 Å². The number of rotatable bonds is 2. The van der Waals surface area contributed by atoms with Gasteiger partial charge in [-0.3, -0.25) is 9.48 Å². The van der Waals surface area contributed by atoms with Gasteiger partial charge in [0.25, 0.3) is 0 Å². The maximum atomic E-state index is 12.9. The van der Waals surface area contributed by atoms with Gasteiger partial charge in [0.1, 0.15) is 5.92 Å². The third kappa shape index (κ3) is 2.51. The van der Waals surface area contributed by atoms with E-state index in [-0.39, 0.29) is 17.6 Å². The summed E-state index contributed by atoms with van der Waals surface area (Å²) in [5, 5.41) is 14.9. The highest BCUT2D eigenvalue weighted by atomic mass is 16.1. The Balaban J connectivity index is 1.79. The molecule has 1 unspecified atom stereocenters. The van der Waals surface area contributed by atoms with E-state index < -0.39 is 11.3 Å². The Morgan fingerprint density at radius 2 is 1.77 bits per heavy atom. The van der Waals surface area contributed by atoms with Gasteiger partial charge in [0.2, 0.25) is 0 Å². The summed E-state index contributed by atoms with van der Waals surface area (Å²) >= 11 is 0. The molecule has 2 aliphatic rings. The lowest BCUT2D eigenvalue weighted by Gasteiger charge is -2.50. The number of aryl methyl sites for hydroxylation is 1. The minimum atomic E-state index is -0.593. The maximum Gasteiger partial charge on any atom is 0.153 e. The maximum absolute atomic E-state index is 12.9. The number of carbonyl (C=O) groups is 1. The quantitative estimate of drug-likeness (QED) is 0.633. The van der Waals surface area contributed by atoms with Crippen molar-refractivity contribution >= 4 is 5.78 Å². The second-order valence-corrected chi connectivity index (χ2v) is 8.72. The molecule has 2 aliphatic carbocycles. The fraction of sp³-hybridized carbons (Fsp3) is 0.346. The van der Waals surface area contributed by atoms with Gasteiger partial charge in [-0.1, -0.05) is 67.6 Å². The molecular weight excluding hydrogens is 370 g/mol. The van der Waals surface area contributed by atoms with E-state index in [1.807, 2.05) is 30.8 Å². The normalized spacial score (nSPS) is 27.8. The summed E-state index contributed by atoms with van der Waals surface area (Å²) in [5.41, 5.74) is 5.40. The van der Waals surface area contributed by atoms with Crippen molar-refractivity contribution in [2.24, 2.45) is 24.8 Å². The molecule has 0 N–H and O–H groups in total. The molecule has 30 heavy (non-hydrogen) atoms. The average molecular weight is 396 g/mol. The molecule has 3 aromatic rings. The highest BCUT2D eigenvalue weighted by Gasteiger charge is 2.57. The van der Waals surface area contributed by atoms with Crippen LogP contribution in [0, 0.1) is 29.1 Å². The fourth-order valence-corrected chi connectivity index (χ4v) is 6.02. The number of carbonyl (C=O) groups excluding carboxylic acids is 1. The van der Waals surface area contributed by atoms with E-state index in [0.717, 1.165) is 29.8 Å². The molecule has 1 saturated carbocycles. The number of Topliss-reactive ketones (excluding diaryl/α,β-unsaturated/α-hetero) is 1. The molecule has 2 aromatic carbocycles. The zero-order valence-corrected chi connectivity index (χ0v) is 17.4. The van der Waals surface area contributed by atoms with Crippen LogP contribution in [0.3, 0.4) is 0 Å². The van der Waals surface area contributed by atoms with E-state index in [2.05, 4.69) is 54.6 Å². The highest BCUT2D eigenvalue weighted by Crippen LogP contribution is 2.56. The monoisotopic (exact) mass is 395 g/mol. The predicted octanol–water partition coefficient (Wildman–Crippen LogP) is 4.68. The predicted molar refractivity (Wildman–Crippen MR) is 116 cm³/mol. The summed E-state index contributed by atoms with van der Waals surface area (Å²) in [5.74, 6) is -0.497. The zero-order chi connectivity index (χ0) is 20.9. The van der Waals surface area contributed by atoms with Crippen molar-refractivity contribution < 1.29 is 4.79 Å². The van der Waals surface area contributed by atoms with Crippen LogP contribution in [0.2, 0.25) is 0 Å². The van der Waals surface area contributed by atoms with Crippen molar-refractivity contribution in [1.82, 2.24) is 9.78 Å². The molecule has 1 aromatic heterocycles. The Hall–Kier alpha value is -3.19. The molecule has 4 heteroatoms. The van der Waals surface area contributed by atoms with Gasteiger partial charge in [-0.25, -0.2) is 0 Å². The number of nitriles is 1. The fourth-order valence-electron chi connectivity index (χ4n) is 6.02. The van der Waals surface area contributed by atoms with Gasteiger partial charge in [-0.15, -0.1) is 0 Å². The van der Waals surface area contributed by atoms with Gasteiger partial charge in [0, 0.05) is 29.5 Å². The number of aromatic nitrogens is 2. The standard InChI is InChI=1S/C26H25N3O/c1-17-22-14-13-21-23(18-9-5-3-6-10-18)29(2)28-25(21)26(22,15-19(16-27)24(17)30)20-11-7-4-8-12-20/h3-12,17,19,22H,13-15H2,1-2H3/t17-,19?,22-,26+/m0/s1. The lowest BCUT2D eigenvalue weighted by molar-refractivity contribution is -0.131. The van der Waals surface area contributed by atoms with Crippen LogP contribution in [0.1, 0.15) is 36.6 Å². The SMILES string of the molecule is C[C@@H]1C(=O)C(C#N)C[C@]2(c3ccccc3)c3nn(C)c(-c4ccccc4)c3CC[C@@H]12. The Bertz CT molecular complexity index is 1140. The first-order valence-corrected chi connectivity index (χ1v) is 10.7. The number of nitrogens with zero attached hydrogens (tertiary/aromatic N) is 3. The number of ketones is 1. The van der Waals surface area contributed by atoms with Crippen LogP contribution in [0.25, 0.3) is 11.3 Å². The molecule has 0 radical (unpaired) electrons. The Kier molecular flexibility index (Phi) is 4.36. The molecular formula is C26H25N3O. The van der Waals surface area contributed by atoms with E-state index in [9.17, 15) is 10.1 Å². The summed E-state index contributed by atoms with van der Waals surface area (Å²) in [6, 6.07) is 23.1. The molecule has 4 atom stereocenters. The first-order chi connectivity index (χ1) is 14.6. The van der Waals surface area contributed by atoms with Crippen molar-refractivity contribution in [3.63, 3.8) is 0 Å². The summed E-state index contributed by atoms with van der Waals surface area (Å²) in [4.78, 5) is 12.9. The minimum Gasteiger partial charge on any atom is -0.298 e. The molecule has 4 nitrogen and oxygen atoms in total. The smallest absolute Gasteiger partial charge is 0.153 e. The van der Waals surface area contributed by atoms with Gasteiger partial charge in [0.15, 0.2) is 5.78 Å². The second-order valence-electron chi connectivity index (χ2n) is 8.72. The molecule has 5 rings (SSSR count). The van der Waals surface area contributed by atoms with Crippen LogP contribution in [0.4, 0.5) is 0 Å². The number of hydrogen-bond acceptors (Lipinski definition) is 3. The van der Waals surface area contributed by atoms with Crippen molar-refractivity contribution in [3.8, 4) is 17.3 Å². The lowest BCUT2D eigenvalue weighted by Crippen LogP contribution is -2.52. The molecule has 1 fully saturated rings. The Labute approximate surface area is 177 Å². The molecule has 0 saturated heterocycles.